The normalized spacial score (nSPS) is 19.8. The highest BCUT2D eigenvalue weighted by Crippen LogP contribution is 2.13. The Balaban J connectivity index is 1.95. The molecule has 5 heteroatoms. The molecular formula is C13H22N4O. The molecule has 5 nitrogen and oxygen atoms in total. The zero-order valence-corrected chi connectivity index (χ0v) is 11.4. The fourth-order valence-electron chi connectivity index (χ4n) is 2.53. The number of piperidine rings is 1. The summed E-state index contributed by atoms with van der Waals surface area (Å²) in [5, 5.41) is 10.7. The monoisotopic (exact) mass is 250 g/mol. The van der Waals surface area contributed by atoms with E-state index in [4.69, 9.17) is 0 Å². The predicted molar refractivity (Wildman–Crippen MR) is 70.6 cm³/mol. The molecule has 0 aliphatic carbocycles. The summed E-state index contributed by atoms with van der Waals surface area (Å²) in [4.78, 5) is 12.2. The first-order valence-electron chi connectivity index (χ1n) is 6.58. The van der Waals surface area contributed by atoms with Crippen LogP contribution in [-0.2, 0) is 7.05 Å². The van der Waals surface area contributed by atoms with Crippen LogP contribution in [0, 0.1) is 19.8 Å². The number of rotatable bonds is 3. The summed E-state index contributed by atoms with van der Waals surface area (Å²) in [6.07, 6.45) is 2.39. The van der Waals surface area contributed by atoms with Crippen molar-refractivity contribution in [2.75, 3.05) is 19.6 Å². The minimum absolute atomic E-state index is 0.00340. The number of amides is 1. The fraction of sp³-hybridized carbons (Fsp3) is 0.692. The van der Waals surface area contributed by atoms with E-state index >= 15 is 0 Å². The number of hydrogen-bond acceptors (Lipinski definition) is 3. The first-order chi connectivity index (χ1) is 8.59. The van der Waals surface area contributed by atoms with E-state index in [1.54, 1.807) is 4.68 Å². The van der Waals surface area contributed by atoms with E-state index in [0.29, 0.717) is 5.92 Å². The number of hydrogen-bond donors (Lipinski definition) is 2. The van der Waals surface area contributed by atoms with Crippen molar-refractivity contribution in [3.8, 4) is 0 Å². The second kappa shape index (κ2) is 5.52. The Kier molecular flexibility index (Phi) is 4.01. The van der Waals surface area contributed by atoms with Gasteiger partial charge in [0.2, 0.25) is 0 Å². The summed E-state index contributed by atoms with van der Waals surface area (Å²) in [5.74, 6) is 0.559. The van der Waals surface area contributed by atoms with Gasteiger partial charge in [-0.2, -0.15) is 5.10 Å². The summed E-state index contributed by atoms with van der Waals surface area (Å²) < 4.78 is 1.76. The molecule has 2 heterocycles. The van der Waals surface area contributed by atoms with Crippen molar-refractivity contribution >= 4 is 5.91 Å². The number of aromatic nitrogens is 2. The molecule has 1 aromatic heterocycles. The second-order valence-corrected chi connectivity index (χ2v) is 5.09. The Morgan fingerprint density at radius 1 is 1.56 bits per heavy atom. The van der Waals surface area contributed by atoms with Gasteiger partial charge in [-0.05, 0) is 45.7 Å². The SMILES string of the molecule is Cc1nn(C)c(C)c1C(=O)NCC1CCCNC1. The van der Waals surface area contributed by atoms with Gasteiger partial charge in [0.05, 0.1) is 11.3 Å². The van der Waals surface area contributed by atoms with Crippen molar-refractivity contribution in [2.45, 2.75) is 26.7 Å². The summed E-state index contributed by atoms with van der Waals surface area (Å²) >= 11 is 0. The standard InChI is InChI=1S/C13H22N4O/c1-9-12(10(2)17(3)16-9)13(18)15-8-11-5-4-6-14-7-11/h11,14H,4-8H2,1-3H3,(H,15,18). The van der Waals surface area contributed by atoms with Gasteiger partial charge in [0.25, 0.3) is 5.91 Å². The zero-order valence-electron chi connectivity index (χ0n) is 11.4. The topological polar surface area (TPSA) is 59.0 Å². The van der Waals surface area contributed by atoms with E-state index in [9.17, 15) is 4.79 Å². The lowest BCUT2D eigenvalue weighted by Gasteiger charge is -2.22. The smallest absolute Gasteiger partial charge is 0.255 e. The van der Waals surface area contributed by atoms with Crippen LogP contribution in [0.25, 0.3) is 0 Å². The Labute approximate surface area is 108 Å². The lowest BCUT2D eigenvalue weighted by molar-refractivity contribution is 0.0943. The molecule has 1 aliphatic heterocycles. The molecule has 1 unspecified atom stereocenters. The van der Waals surface area contributed by atoms with Gasteiger partial charge in [0.1, 0.15) is 0 Å². The number of nitrogens with one attached hydrogen (secondary N) is 2. The number of carbonyl (C=O) groups excluding carboxylic acids is 1. The Bertz CT molecular complexity index is 432. The number of nitrogens with zero attached hydrogens (tertiary/aromatic N) is 2. The lowest BCUT2D eigenvalue weighted by Crippen LogP contribution is -2.38. The van der Waals surface area contributed by atoms with Crippen LogP contribution in [0.15, 0.2) is 0 Å². The van der Waals surface area contributed by atoms with Crippen LogP contribution in [0.4, 0.5) is 0 Å². The summed E-state index contributed by atoms with van der Waals surface area (Å²) in [6, 6.07) is 0. The molecule has 0 bridgehead atoms. The Morgan fingerprint density at radius 3 is 2.89 bits per heavy atom. The van der Waals surface area contributed by atoms with Gasteiger partial charge in [-0.15, -0.1) is 0 Å². The lowest BCUT2D eigenvalue weighted by atomic mass is 9.99. The highest BCUT2D eigenvalue weighted by molar-refractivity contribution is 5.96. The molecule has 1 fully saturated rings. The van der Waals surface area contributed by atoms with Gasteiger partial charge in [0.15, 0.2) is 0 Å². The molecule has 1 saturated heterocycles. The molecule has 2 rings (SSSR count). The number of carbonyl (C=O) groups is 1. The molecule has 0 aromatic carbocycles. The quantitative estimate of drug-likeness (QED) is 0.833. The van der Waals surface area contributed by atoms with E-state index in [0.717, 1.165) is 36.6 Å². The highest BCUT2D eigenvalue weighted by atomic mass is 16.1. The minimum atomic E-state index is 0.00340. The van der Waals surface area contributed by atoms with Crippen LogP contribution in [0.5, 0.6) is 0 Å². The van der Waals surface area contributed by atoms with Gasteiger partial charge in [0, 0.05) is 19.3 Å². The van der Waals surface area contributed by atoms with E-state index in [1.807, 2.05) is 20.9 Å². The van der Waals surface area contributed by atoms with Crippen LogP contribution >= 0.6 is 0 Å². The Hall–Kier alpha value is -1.36. The maximum atomic E-state index is 12.2. The van der Waals surface area contributed by atoms with Crippen molar-refractivity contribution in [2.24, 2.45) is 13.0 Å². The maximum absolute atomic E-state index is 12.2. The van der Waals surface area contributed by atoms with Gasteiger partial charge >= 0.3 is 0 Å². The van der Waals surface area contributed by atoms with Crippen LogP contribution < -0.4 is 10.6 Å². The van der Waals surface area contributed by atoms with E-state index in [1.165, 1.54) is 12.8 Å². The molecule has 1 aliphatic rings. The largest absolute Gasteiger partial charge is 0.352 e. The molecule has 2 N–H and O–H groups in total. The van der Waals surface area contributed by atoms with Gasteiger partial charge in [-0.25, -0.2) is 0 Å². The van der Waals surface area contributed by atoms with Crippen molar-refractivity contribution < 1.29 is 4.79 Å². The third kappa shape index (κ3) is 2.72. The predicted octanol–water partition coefficient (Wildman–Crippen LogP) is 0.766. The average Bonchev–Trinajstić information content (AvgIpc) is 2.62. The minimum Gasteiger partial charge on any atom is -0.352 e. The summed E-state index contributed by atoms with van der Waals surface area (Å²) in [7, 11) is 1.87. The highest BCUT2D eigenvalue weighted by Gasteiger charge is 2.19. The van der Waals surface area contributed by atoms with Crippen LogP contribution in [-0.4, -0.2) is 35.3 Å². The molecule has 18 heavy (non-hydrogen) atoms. The van der Waals surface area contributed by atoms with Crippen LogP contribution in [0.3, 0.4) is 0 Å². The molecule has 0 radical (unpaired) electrons. The molecule has 0 saturated carbocycles. The third-order valence-electron chi connectivity index (χ3n) is 3.69. The van der Waals surface area contributed by atoms with E-state index < -0.39 is 0 Å². The first-order valence-corrected chi connectivity index (χ1v) is 6.58. The average molecular weight is 250 g/mol. The van der Waals surface area contributed by atoms with Crippen molar-refractivity contribution in [3.05, 3.63) is 17.0 Å². The van der Waals surface area contributed by atoms with Crippen molar-refractivity contribution in [3.63, 3.8) is 0 Å². The molecule has 100 valence electrons. The third-order valence-corrected chi connectivity index (χ3v) is 3.69. The molecule has 0 spiro atoms. The van der Waals surface area contributed by atoms with Crippen molar-refractivity contribution in [1.29, 1.82) is 0 Å². The van der Waals surface area contributed by atoms with Crippen LogP contribution in [0.2, 0.25) is 0 Å². The first kappa shape index (κ1) is 13.1. The summed E-state index contributed by atoms with van der Waals surface area (Å²) in [6.45, 7) is 6.66. The second-order valence-electron chi connectivity index (χ2n) is 5.09. The Morgan fingerprint density at radius 2 is 2.33 bits per heavy atom. The number of aryl methyl sites for hydroxylation is 2. The molecular weight excluding hydrogens is 228 g/mol. The van der Waals surface area contributed by atoms with Gasteiger partial charge in [-0.1, -0.05) is 0 Å². The zero-order chi connectivity index (χ0) is 13.1. The molecule has 1 aromatic rings. The summed E-state index contributed by atoms with van der Waals surface area (Å²) in [5.41, 5.74) is 2.45. The molecule has 1 atom stereocenters. The van der Waals surface area contributed by atoms with Gasteiger partial charge in [-0.3, -0.25) is 9.48 Å². The maximum Gasteiger partial charge on any atom is 0.255 e. The molecule has 1 amide bonds. The fourth-order valence-corrected chi connectivity index (χ4v) is 2.53. The van der Waals surface area contributed by atoms with Crippen LogP contribution in [0.1, 0.15) is 34.6 Å². The van der Waals surface area contributed by atoms with Crippen molar-refractivity contribution in [1.82, 2.24) is 20.4 Å². The van der Waals surface area contributed by atoms with E-state index in [-0.39, 0.29) is 5.91 Å². The van der Waals surface area contributed by atoms with E-state index in [2.05, 4.69) is 15.7 Å². The van der Waals surface area contributed by atoms with Gasteiger partial charge < -0.3 is 10.6 Å².